The summed E-state index contributed by atoms with van der Waals surface area (Å²) in [5.74, 6) is 0. The highest BCUT2D eigenvalue weighted by molar-refractivity contribution is 5.44. The van der Waals surface area contributed by atoms with Gasteiger partial charge in [0.25, 0.3) is 12.0 Å². The third kappa shape index (κ3) is 1.83. The smallest absolute Gasteiger partial charge is 0.269 e. The van der Waals surface area contributed by atoms with Gasteiger partial charge in [-0.3, -0.25) is 4.79 Å². The summed E-state index contributed by atoms with van der Waals surface area (Å²) in [6, 6.07) is 0.950. The summed E-state index contributed by atoms with van der Waals surface area (Å²) < 4.78 is 24.3. The molecule has 4 nitrogen and oxygen atoms in total. The van der Waals surface area contributed by atoms with E-state index in [0.717, 1.165) is 6.07 Å². The van der Waals surface area contributed by atoms with Crippen molar-refractivity contribution in [3.05, 3.63) is 27.7 Å². The molecular formula is C7H9F2N3O. The van der Waals surface area contributed by atoms with Crippen LogP contribution in [0.25, 0.3) is 0 Å². The van der Waals surface area contributed by atoms with Crippen LogP contribution in [-0.4, -0.2) is 4.98 Å². The van der Waals surface area contributed by atoms with Gasteiger partial charge < -0.3 is 16.5 Å². The maximum atomic E-state index is 12.1. The number of nitrogens with two attached hydrogens (primary N) is 2. The van der Waals surface area contributed by atoms with Crippen molar-refractivity contribution in [2.75, 3.05) is 5.73 Å². The minimum atomic E-state index is -2.82. The molecule has 0 fully saturated rings. The molecule has 0 aliphatic heterocycles. The predicted molar refractivity (Wildman–Crippen MR) is 44.3 cm³/mol. The zero-order valence-electron chi connectivity index (χ0n) is 6.68. The van der Waals surface area contributed by atoms with Gasteiger partial charge in [0.15, 0.2) is 0 Å². The van der Waals surface area contributed by atoms with Crippen molar-refractivity contribution in [3.63, 3.8) is 0 Å². The first kappa shape index (κ1) is 9.66. The van der Waals surface area contributed by atoms with E-state index in [1.807, 2.05) is 0 Å². The highest BCUT2D eigenvalue weighted by Gasteiger charge is 2.13. The van der Waals surface area contributed by atoms with Gasteiger partial charge in [-0.15, -0.1) is 0 Å². The van der Waals surface area contributed by atoms with Gasteiger partial charge in [0.1, 0.15) is 0 Å². The van der Waals surface area contributed by atoms with Crippen LogP contribution in [0.15, 0.2) is 10.9 Å². The Kier molecular flexibility index (Phi) is 2.62. The fourth-order valence-corrected chi connectivity index (χ4v) is 0.933. The lowest BCUT2D eigenvalue weighted by Crippen LogP contribution is -2.18. The van der Waals surface area contributed by atoms with Crippen LogP contribution in [0.2, 0.25) is 0 Å². The van der Waals surface area contributed by atoms with Crippen LogP contribution >= 0.6 is 0 Å². The zero-order chi connectivity index (χ0) is 10.0. The van der Waals surface area contributed by atoms with Gasteiger partial charge >= 0.3 is 0 Å². The topological polar surface area (TPSA) is 84.9 Å². The highest BCUT2D eigenvalue weighted by atomic mass is 19.3. The van der Waals surface area contributed by atoms with Gasteiger partial charge in [-0.2, -0.15) is 0 Å². The summed E-state index contributed by atoms with van der Waals surface area (Å²) >= 11 is 0. The van der Waals surface area contributed by atoms with Crippen LogP contribution < -0.4 is 17.0 Å². The van der Waals surface area contributed by atoms with E-state index < -0.39 is 17.5 Å². The molecule has 0 amide bonds. The first-order chi connectivity index (χ1) is 6.06. The summed E-state index contributed by atoms with van der Waals surface area (Å²) in [6.07, 6.45) is -2.82. The van der Waals surface area contributed by atoms with Crippen molar-refractivity contribution in [2.45, 2.75) is 13.0 Å². The first-order valence-corrected chi connectivity index (χ1v) is 3.56. The summed E-state index contributed by atoms with van der Waals surface area (Å²) in [4.78, 5) is 13.1. The Morgan fingerprint density at radius 3 is 2.62 bits per heavy atom. The van der Waals surface area contributed by atoms with Crippen molar-refractivity contribution in [3.8, 4) is 0 Å². The van der Waals surface area contributed by atoms with Crippen LogP contribution in [0.3, 0.4) is 0 Å². The number of H-pyrrole nitrogens is 1. The van der Waals surface area contributed by atoms with Gasteiger partial charge in [-0.05, 0) is 6.07 Å². The second kappa shape index (κ2) is 3.53. The number of nitrogen functional groups attached to an aromatic ring is 1. The molecule has 0 saturated heterocycles. The molecule has 0 bridgehead atoms. The third-order valence-electron chi connectivity index (χ3n) is 1.63. The molecular weight excluding hydrogens is 180 g/mol. The Balaban J connectivity index is 3.29. The number of hydrogen-bond acceptors (Lipinski definition) is 3. The third-order valence-corrected chi connectivity index (χ3v) is 1.63. The minimum Gasteiger partial charge on any atom is -0.397 e. The van der Waals surface area contributed by atoms with E-state index in [1.54, 1.807) is 0 Å². The molecule has 5 N–H and O–H groups in total. The minimum absolute atomic E-state index is 0.0184. The molecule has 0 saturated carbocycles. The normalized spacial score (nSPS) is 10.8. The lowest BCUT2D eigenvalue weighted by Gasteiger charge is -2.04. The van der Waals surface area contributed by atoms with Crippen molar-refractivity contribution < 1.29 is 8.78 Å². The Labute approximate surface area is 72.6 Å². The number of hydrogen-bond donors (Lipinski definition) is 3. The highest BCUT2D eigenvalue weighted by Crippen LogP contribution is 2.17. The van der Waals surface area contributed by atoms with Crippen molar-refractivity contribution in [1.82, 2.24) is 4.98 Å². The maximum absolute atomic E-state index is 12.1. The largest absolute Gasteiger partial charge is 0.397 e. The zero-order valence-corrected chi connectivity index (χ0v) is 6.68. The number of aromatic amines is 1. The van der Waals surface area contributed by atoms with Crippen LogP contribution in [0.4, 0.5) is 14.5 Å². The lowest BCUT2D eigenvalue weighted by molar-refractivity contribution is 0.149. The van der Waals surface area contributed by atoms with Crippen molar-refractivity contribution >= 4 is 5.69 Å². The monoisotopic (exact) mass is 189 g/mol. The van der Waals surface area contributed by atoms with E-state index in [1.165, 1.54) is 0 Å². The number of aromatic nitrogens is 1. The standard InChI is InChI=1S/C7H9F2N3O/c8-6(9)3-1-4(11)5(2-10)12-7(3)13/h1,6H,2,10-11H2,(H,12,13). The molecule has 1 heterocycles. The average Bonchev–Trinajstić information content (AvgIpc) is 2.07. The molecule has 0 aliphatic carbocycles. The van der Waals surface area contributed by atoms with E-state index in [9.17, 15) is 13.6 Å². The second-order valence-corrected chi connectivity index (χ2v) is 2.49. The number of anilines is 1. The number of nitrogens with one attached hydrogen (secondary N) is 1. The first-order valence-electron chi connectivity index (χ1n) is 3.56. The lowest BCUT2D eigenvalue weighted by atomic mass is 10.2. The van der Waals surface area contributed by atoms with Crippen LogP contribution in [0, 0.1) is 0 Å². The predicted octanol–water partition coefficient (Wildman–Crippen LogP) is 0.353. The summed E-state index contributed by atoms with van der Waals surface area (Å²) in [7, 11) is 0. The molecule has 6 heteroatoms. The molecule has 0 atom stereocenters. The average molecular weight is 189 g/mol. The van der Waals surface area contributed by atoms with Gasteiger partial charge in [-0.1, -0.05) is 0 Å². The van der Waals surface area contributed by atoms with E-state index in [4.69, 9.17) is 11.5 Å². The van der Waals surface area contributed by atoms with Gasteiger partial charge in [-0.25, -0.2) is 8.78 Å². The van der Waals surface area contributed by atoms with E-state index in [2.05, 4.69) is 4.98 Å². The van der Waals surface area contributed by atoms with Gasteiger partial charge in [0, 0.05) is 6.54 Å². The van der Waals surface area contributed by atoms with Crippen LogP contribution in [0.1, 0.15) is 17.7 Å². The SMILES string of the molecule is NCc1[nH]c(=O)c(C(F)F)cc1N. The summed E-state index contributed by atoms with van der Waals surface area (Å²) in [5, 5.41) is 0. The Morgan fingerprint density at radius 1 is 1.54 bits per heavy atom. The molecule has 72 valence electrons. The molecule has 1 aromatic rings. The summed E-state index contributed by atoms with van der Waals surface area (Å²) in [5.41, 5.74) is 9.44. The second-order valence-electron chi connectivity index (χ2n) is 2.49. The fourth-order valence-electron chi connectivity index (χ4n) is 0.933. The Morgan fingerprint density at radius 2 is 2.15 bits per heavy atom. The van der Waals surface area contributed by atoms with Gasteiger partial charge in [0.2, 0.25) is 0 Å². The molecule has 0 aromatic carbocycles. The number of rotatable bonds is 2. The van der Waals surface area contributed by atoms with E-state index in [0.29, 0.717) is 0 Å². The fraction of sp³-hybridized carbons (Fsp3) is 0.286. The molecule has 1 aromatic heterocycles. The number of halogens is 2. The quantitative estimate of drug-likeness (QED) is 0.627. The van der Waals surface area contributed by atoms with Crippen molar-refractivity contribution in [2.24, 2.45) is 5.73 Å². The van der Waals surface area contributed by atoms with Gasteiger partial charge in [0.05, 0.1) is 16.9 Å². The number of alkyl halides is 2. The Bertz CT molecular complexity index is 361. The van der Waals surface area contributed by atoms with Crippen molar-refractivity contribution in [1.29, 1.82) is 0 Å². The number of pyridine rings is 1. The molecule has 1 rings (SSSR count). The van der Waals surface area contributed by atoms with Crippen LogP contribution in [0.5, 0.6) is 0 Å². The van der Waals surface area contributed by atoms with Crippen LogP contribution in [-0.2, 0) is 6.54 Å². The van der Waals surface area contributed by atoms with E-state index in [-0.39, 0.29) is 17.9 Å². The van der Waals surface area contributed by atoms with E-state index >= 15 is 0 Å². The summed E-state index contributed by atoms with van der Waals surface area (Å²) in [6.45, 7) is 0.0184. The molecule has 0 aliphatic rings. The molecule has 0 unspecified atom stereocenters. The molecule has 0 spiro atoms. The molecule has 13 heavy (non-hydrogen) atoms. The molecule has 0 radical (unpaired) electrons. The Hall–Kier alpha value is -1.43. The maximum Gasteiger partial charge on any atom is 0.269 e.